The molecule has 0 aromatic heterocycles. The van der Waals surface area contributed by atoms with Crippen molar-refractivity contribution in [3.63, 3.8) is 0 Å². The van der Waals surface area contributed by atoms with Crippen LogP contribution in [0.1, 0.15) is 29.0 Å². The van der Waals surface area contributed by atoms with E-state index in [9.17, 15) is 13.7 Å². The smallest absolute Gasteiger partial charge is 1.00 e. The minimum Gasteiger partial charge on any atom is -1.00 e. The monoisotopic (exact) mass is 370 g/mol. The molecule has 0 heterocycles. The Morgan fingerprint density at radius 3 is 1.89 bits per heavy atom. The standard InChI is InChI=1S/C5H15O10P3.Ca.2H/c1-2-3-4-5-13-17(9,10)15-18(11,12)14-16(6,7)8;;;/h2-5H2,1H3,(H,9,10)(H,11,12)(H2,6,7,8);;;/q;+2;2*-1. The molecule has 0 saturated carbocycles. The summed E-state index contributed by atoms with van der Waals surface area (Å²) in [5.41, 5.74) is 0. The van der Waals surface area contributed by atoms with Crippen molar-refractivity contribution >= 4 is 61.2 Å². The summed E-state index contributed by atoms with van der Waals surface area (Å²) < 4.78 is 43.6. The summed E-state index contributed by atoms with van der Waals surface area (Å²) in [4.78, 5) is 34.3. The van der Waals surface area contributed by atoms with Gasteiger partial charge >= 0.3 is 61.2 Å². The van der Waals surface area contributed by atoms with Crippen LogP contribution in [0.4, 0.5) is 0 Å². The molecule has 0 fully saturated rings. The molecule has 0 amide bonds. The van der Waals surface area contributed by atoms with Crippen molar-refractivity contribution in [3.8, 4) is 0 Å². The number of phosphoric ester groups is 1. The van der Waals surface area contributed by atoms with E-state index in [0.29, 0.717) is 12.8 Å². The van der Waals surface area contributed by atoms with Crippen LogP contribution >= 0.6 is 23.5 Å². The Bertz CT molecular complexity index is 402. The van der Waals surface area contributed by atoms with Crippen molar-refractivity contribution in [2.75, 3.05) is 6.61 Å². The molecular weight excluding hydrogens is 353 g/mol. The van der Waals surface area contributed by atoms with E-state index in [4.69, 9.17) is 19.6 Å². The fourth-order valence-corrected chi connectivity index (χ4v) is 3.89. The van der Waals surface area contributed by atoms with Gasteiger partial charge in [0.2, 0.25) is 0 Å². The summed E-state index contributed by atoms with van der Waals surface area (Å²) in [7, 11) is -15.6. The first kappa shape index (κ1) is 22.9. The fraction of sp³-hybridized carbons (Fsp3) is 1.00. The van der Waals surface area contributed by atoms with Crippen LogP contribution in [0.25, 0.3) is 0 Å². The van der Waals surface area contributed by atoms with Crippen LogP contribution in [0.5, 0.6) is 0 Å². The molecule has 0 aromatic carbocycles. The molecule has 0 radical (unpaired) electrons. The third-order valence-corrected chi connectivity index (χ3v) is 5.25. The maximum Gasteiger partial charge on any atom is 2.00 e. The minimum atomic E-state index is -5.39. The Labute approximate surface area is 142 Å². The van der Waals surface area contributed by atoms with Crippen LogP contribution < -0.4 is 0 Å². The summed E-state index contributed by atoms with van der Waals surface area (Å²) >= 11 is 0. The van der Waals surface area contributed by atoms with Crippen LogP contribution in [-0.2, 0) is 26.8 Å². The van der Waals surface area contributed by atoms with Crippen molar-refractivity contribution in [1.29, 1.82) is 0 Å². The number of phosphoric acid groups is 3. The molecule has 10 nitrogen and oxygen atoms in total. The van der Waals surface area contributed by atoms with E-state index in [1.165, 1.54) is 0 Å². The van der Waals surface area contributed by atoms with E-state index in [2.05, 4.69) is 13.1 Å². The summed E-state index contributed by atoms with van der Waals surface area (Å²) in [5, 5.41) is 0. The Kier molecular flexibility index (Phi) is 11.6. The molecule has 114 valence electrons. The maximum atomic E-state index is 11.1. The molecule has 0 spiro atoms. The zero-order valence-electron chi connectivity index (χ0n) is 12.1. The first-order valence-electron chi connectivity index (χ1n) is 4.76. The Balaban J connectivity index is -0.000000482. The van der Waals surface area contributed by atoms with Gasteiger partial charge in [-0.25, -0.2) is 13.7 Å². The maximum absolute atomic E-state index is 11.1. The molecule has 4 N–H and O–H groups in total. The second-order valence-corrected chi connectivity index (χ2v) is 7.55. The Morgan fingerprint density at radius 1 is 0.947 bits per heavy atom. The van der Waals surface area contributed by atoms with E-state index in [-0.39, 0.29) is 47.2 Å². The van der Waals surface area contributed by atoms with E-state index >= 15 is 0 Å². The molecule has 0 aliphatic heterocycles. The molecule has 0 rings (SSSR count). The quantitative estimate of drug-likeness (QED) is 0.265. The number of hydrogen-bond acceptors (Lipinski definition) is 6. The molecule has 19 heavy (non-hydrogen) atoms. The van der Waals surface area contributed by atoms with Crippen LogP contribution in [0.3, 0.4) is 0 Å². The van der Waals surface area contributed by atoms with E-state index < -0.39 is 23.5 Å². The van der Waals surface area contributed by atoms with Gasteiger partial charge in [0.25, 0.3) is 0 Å². The summed E-state index contributed by atoms with van der Waals surface area (Å²) in [6, 6.07) is 0. The van der Waals surface area contributed by atoms with Crippen LogP contribution in [0.2, 0.25) is 0 Å². The zero-order valence-corrected chi connectivity index (χ0v) is 15.0. The molecule has 0 aliphatic carbocycles. The topological polar surface area (TPSA) is 160 Å². The zero-order chi connectivity index (χ0) is 14.4. The largest absolute Gasteiger partial charge is 2.00 e. The molecule has 0 aliphatic rings. The average Bonchev–Trinajstić information content (AvgIpc) is 2.06. The van der Waals surface area contributed by atoms with Crippen LogP contribution in [-0.4, -0.2) is 63.9 Å². The van der Waals surface area contributed by atoms with Crippen molar-refractivity contribution in [2.24, 2.45) is 0 Å². The third kappa shape index (κ3) is 14.4. The van der Waals surface area contributed by atoms with Gasteiger partial charge in [-0.05, 0) is 6.42 Å². The van der Waals surface area contributed by atoms with Gasteiger partial charge < -0.3 is 22.4 Å². The molecular formula is C5H17CaO10P3. The first-order valence-corrected chi connectivity index (χ1v) is 9.28. The van der Waals surface area contributed by atoms with Crippen molar-refractivity contribution < 1.29 is 49.3 Å². The van der Waals surface area contributed by atoms with Crippen LogP contribution in [0, 0.1) is 0 Å². The summed E-state index contributed by atoms with van der Waals surface area (Å²) in [6.07, 6.45) is 1.94. The van der Waals surface area contributed by atoms with Gasteiger partial charge in [0.15, 0.2) is 0 Å². The number of unbranched alkanes of at least 4 members (excludes halogenated alkanes) is 2. The van der Waals surface area contributed by atoms with E-state index in [1.54, 1.807) is 0 Å². The number of hydrogen-bond donors (Lipinski definition) is 4. The first-order chi connectivity index (χ1) is 7.97. The SMILES string of the molecule is CCCCCOP(=O)(O)OP(=O)(O)OP(=O)(O)O.[Ca+2].[H-].[H-]. The van der Waals surface area contributed by atoms with Crippen molar-refractivity contribution in [1.82, 2.24) is 0 Å². The van der Waals surface area contributed by atoms with Crippen LogP contribution in [0.15, 0.2) is 0 Å². The van der Waals surface area contributed by atoms with Gasteiger partial charge in [-0.2, -0.15) is 8.62 Å². The second kappa shape index (κ2) is 9.64. The van der Waals surface area contributed by atoms with Gasteiger partial charge in [-0.15, -0.1) is 0 Å². The molecule has 2 atom stereocenters. The average molecular weight is 370 g/mol. The van der Waals surface area contributed by atoms with Gasteiger partial charge in [0, 0.05) is 0 Å². The normalized spacial score (nSPS) is 18.2. The van der Waals surface area contributed by atoms with Crippen molar-refractivity contribution in [2.45, 2.75) is 26.2 Å². The molecule has 14 heteroatoms. The van der Waals surface area contributed by atoms with Gasteiger partial charge in [0.05, 0.1) is 6.61 Å². The molecule has 0 aromatic rings. The summed E-state index contributed by atoms with van der Waals surface area (Å²) in [6.45, 7) is 1.67. The summed E-state index contributed by atoms with van der Waals surface area (Å²) in [5.74, 6) is 0. The minimum absolute atomic E-state index is 0. The molecule has 0 saturated heterocycles. The molecule has 2 unspecified atom stereocenters. The number of rotatable bonds is 9. The molecule has 0 bridgehead atoms. The predicted molar refractivity (Wildman–Crippen MR) is 67.3 cm³/mol. The third-order valence-electron chi connectivity index (χ3n) is 1.42. The Hall–Kier alpha value is 1.67. The predicted octanol–water partition coefficient (Wildman–Crippen LogP) is 1.36. The van der Waals surface area contributed by atoms with Gasteiger partial charge in [-0.1, -0.05) is 19.8 Å². The Morgan fingerprint density at radius 2 is 1.47 bits per heavy atom. The van der Waals surface area contributed by atoms with Gasteiger partial charge in [-0.3, -0.25) is 4.52 Å². The van der Waals surface area contributed by atoms with E-state index in [1.807, 2.05) is 6.92 Å². The fourth-order valence-electron chi connectivity index (χ4n) is 0.835. The van der Waals surface area contributed by atoms with Crippen molar-refractivity contribution in [3.05, 3.63) is 0 Å². The van der Waals surface area contributed by atoms with Gasteiger partial charge in [0.1, 0.15) is 0 Å². The van der Waals surface area contributed by atoms with E-state index in [0.717, 1.165) is 6.42 Å². The second-order valence-electron chi connectivity index (χ2n) is 3.13.